The van der Waals surface area contributed by atoms with E-state index in [4.69, 9.17) is 0 Å². The molecule has 0 aromatic carbocycles. The van der Waals surface area contributed by atoms with Crippen LogP contribution in [0, 0.1) is 0 Å². The Morgan fingerprint density at radius 3 is 2.53 bits per heavy atom. The van der Waals surface area contributed by atoms with Crippen molar-refractivity contribution in [2.24, 2.45) is 0 Å². The second kappa shape index (κ2) is 4.77. The van der Waals surface area contributed by atoms with Crippen molar-refractivity contribution in [3.8, 4) is 0 Å². The first-order valence-electron chi connectivity index (χ1n) is 6.51. The summed E-state index contributed by atoms with van der Waals surface area (Å²) in [6.07, 6.45) is 4.91. The van der Waals surface area contributed by atoms with Gasteiger partial charge in [0.15, 0.2) is 5.78 Å². The number of Topliss-reactive ketones (excluding diaryl/α,β-unsaturated/α-hetero) is 1. The third-order valence-electron chi connectivity index (χ3n) is 4.15. The molecule has 0 aromatic rings. The molecule has 0 bridgehead atoms. The number of ketones is 1. The lowest BCUT2D eigenvalue weighted by molar-refractivity contribution is -0.142. The van der Waals surface area contributed by atoms with E-state index < -0.39 is 0 Å². The number of hydrogen-bond acceptors (Lipinski definition) is 3. The Balaban J connectivity index is 2.24. The molecule has 1 amide bonds. The van der Waals surface area contributed by atoms with Gasteiger partial charge in [0.05, 0.1) is 12.1 Å². The smallest absolute Gasteiger partial charge is 0.240 e. The van der Waals surface area contributed by atoms with Crippen LogP contribution in [0.1, 0.15) is 39.0 Å². The lowest BCUT2D eigenvalue weighted by atomic mass is 10.0. The van der Waals surface area contributed by atoms with Crippen molar-refractivity contribution in [2.45, 2.75) is 57.2 Å². The predicted molar refractivity (Wildman–Crippen MR) is 65.7 cm³/mol. The van der Waals surface area contributed by atoms with Crippen molar-refractivity contribution in [1.29, 1.82) is 0 Å². The topological polar surface area (TPSA) is 40.6 Å². The highest BCUT2D eigenvalue weighted by molar-refractivity contribution is 5.90. The molecule has 3 unspecified atom stereocenters. The number of carbonyl (C=O) groups excluding carboxylic acids is 2. The second-order valence-electron chi connectivity index (χ2n) is 5.51. The first-order chi connectivity index (χ1) is 8.02. The van der Waals surface area contributed by atoms with Gasteiger partial charge >= 0.3 is 0 Å². The van der Waals surface area contributed by atoms with Gasteiger partial charge in [0.25, 0.3) is 0 Å². The average Bonchev–Trinajstić information content (AvgIpc) is 2.60. The molecule has 2 aliphatic heterocycles. The van der Waals surface area contributed by atoms with E-state index in [-0.39, 0.29) is 23.8 Å². The molecule has 2 saturated heterocycles. The first kappa shape index (κ1) is 12.6. The molecule has 0 aromatic heterocycles. The molecular weight excluding hydrogens is 216 g/mol. The van der Waals surface area contributed by atoms with Crippen LogP contribution in [-0.4, -0.2) is 53.7 Å². The Bertz CT molecular complexity index is 327. The minimum absolute atomic E-state index is 0.0417. The van der Waals surface area contributed by atoms with Crippen LogP contribution in [0.25, 0.3) is 0 Å². The molecule has 4 nitrogen and oxygen atoms in total. The monoisotopic (exact) mass is 238 g/mol. The van der Waals surface area contributed by atoms with E-state index in [0.29, 0.717) is 6.04 Å². The van der Waals surface area contributed by atoms with Gasteiger partial charge in [-0.1, -0.05) is 0 Å². The van der Waals surface area contributed by atoms with Crippen LogP contribution in [0.15, 0.2) is 0 Å². The third kappa shape index (κ3) is 2.23. The number of amides is 1. The van der Waals surface area contributed by atoms with Crippen molar-refractivity contribution >= 4 is 11.7 Å². The van der Waals surface area contributed by atoms with Gasteiger partial charge in [-0.2, -0.15) is 0 Å². The van der Waals surface area contributed by atoms with Crippen LogP contribution < -0.4 is 0 Å². The van der Waals surface area contributed by atoms with Crippen LogP contribution in [0.3, 0.4) is 0 Å². The summed E-state index contributed by atoms with van der Waals surface area (Å²) in [5, 5.41) is 0. The van der Waals surface area contributed by atoms with Crippen molar-refractivity contribution in [3.63, 3.8) is 0 Å². The maximum absolute atomic E-state index is 12.5. The van der Waals surface area contributed by atoms with Crippen molar-refractivity contribution in [1.82, 2.24) is 9.80 Å². The summed E-state index contributed by atoms with van der Waals surface area (Å²) < 4.78 is 0. The standard InChI is InChI=1S/C13H22N2O2/c1-9(16)11-8-7-10-5-4-6-12(14(2)3)13(17)15(10)11/h10-12H,4-8H2,1-3H3. The van der Waals surface area contributed by atoms with Gasteiger partial charge < -0.3 is 4.90 Å². The third-order valence-corrected chi connectivity index (χ3v) is 4.15. The number of hydrogen-bond donors (Lipinski definition) is 0. The highest BCUT2D eigenvalue weighted by Gasteiger charge is 2.43. The number of likely N-dealkylation sites (N-methyl/N-ethyl adjacent to an activating group) is 1. The highest BCUT2D eigenvalue weighted by atomic mass is 16.2. The summed E-state index contributed by atoms with van der Waals surface area (Å²) in [6.45, 7) is 1.61. The zero-order valence-electron chi connectivity index (χ0n) is 11.0. The molecule has 0 N–H and O–H groups in total. The molecule has 2 fully saturated rings. The molecule has 96 valence electrons. The number of fused-ring (bicyclic) bond motifs is 1. The average molecular weight is 238 g/mol. The molecule has 2 aliphatic rings. The summed E-state index contributed by atoms with van der Waals surface area (Å²) in [5.41, 5.74) is 0. The Morgan fingerprint density at radius 2 is 1.94 bits per heavy atom. The summed E-state index contributed by atoms with van der Waals surface area (Å²) in [7, 11) is 3.89. The van der Waals surface area contributed by atoms with E-state index in [1.807, 2.05) is 23.9 Å². The number of rotatable bonds is 2. The Kier molecular flexibility index (Phi) is 3.52. The molecule has 4 heteroatoms. The molecular formula is C13H22N2O2. The summed E-state index contributed by atoms with van der Waals surface area (Å²) >= 11 is 0. The SMILES string of the molecule is CC(=O)C1CCC2CCCC(N(C)C)C(=O)N21. The van der Waals surface area contributed by atoms with Crippen LogP contribution in [0.2, 0.25) is 0 Å². The molecule has 0 radical (unpaired) electrons. The van der Waals surface area contributed by atoms with Crippen LogP contribution in [0.5, 0.6) is 0 Å². The van der Waals surface area contributed by atoms with Crippen LogP contribution >= 0.6 is 0 Å². The van der Waals surface area contributed by atoms with Gasteiger partial charge in [0.2, 0.25) is 5.91 Å². The van der Waals surface area contributed by atoms with E-state index in [2.05, 4.69) is 0 Å². The largest absolute Gasteiger partial charge is 0.328 e. The lowest BCUT2D eigenvalue weighted by Gasteiger charge is -2.31. The predicted octanol–water partition coefficient (Wildman–Crippen LogP) is 1.05. The van der Waals surface area contributed by atoms with E-state index in [1.165, 1.54) is 0 Å². The normalized spacial score (nSPS) is 33.8. The molecule has 0 spiro atoms. The molecule has 2 rings (SSSR count). The number of carbonyl (C=O) groups is 2. The zero-order valence-corrected chi connectivity index (χ0v) is 11.0. The fourth-order valence-electron chi connectivity index (χ4n) is 3.22. The Hall–Kier alpha value is -0.900. The molecule has 0 aliphatic carbocycles. The lowest BCUT2D eigenvalue weighted by Crippen LogP contribution is -2.50. The van der Waals surface area contributed by atoms with Crippen molar-refractivity contribution in [3.05, 3.63) is 0 Å². The quantitative estimate of drug-likeness (QED) is 0.722. The minimum Gasteiger partial charge on any atom is -0.328 e. The first-order valence-corrected chi connectivity index (χ1v) is 6.51. The van der Waals surface area contributed by atoms with Crippen molar-refractivity contribution in [2.75, 3.05) is 14.1 Å². The molecule has 2 heterocycles. The van der Waals surface area contributed by atoms with Gasteiger partial charge in [-0.3, -0.25) is 14.5 Å². The second-order valence-corrected chi connectivity index (χ2v) is 5.51. The summed E-state index contributed by atoms with van der Waals surface area (Å²) in [5.74, 6) is 0.301. The minimum atomic E-state index is -0.159. The molecule has 17 heavy (non-hydrogen) atoms. The van der Waals surface area contributed by atoms with Crippen LogP contribution in [0.4, 0.5) is 0 Å². The zero-order chi connectivity index (χ0) is 12.6. The fourth-order valence-corrected chi connectivity index (χ4v) is 3.22. The van der Waals surface area contributed by atoms with E-state index >= 15 is 0 Å². The molecule has 0 saturated carbocycles. The fraction of sp³-hybridized carbons (Fsp3) is 0.846. The Morgan fingerprint density at radius 1 is 1.24 bits per heavy atom. The van der Waals surface area contributed by atoms with E-state index in [9.17, 15) is 9.59 Å². The van der Waals surface area contributed by atoms with Crippen molar-refractivity contribution < 1.29 is 9.59 Å². The van der Waals surface area contributed by atoms with Gasteiger partial charge in [-0.05, 0) is 53.1 Å². The van der Waals surface area contributed by atoms with Gasteiger partial charge in [0.1, 0.15) is 0 Å². The van der Waals surface area contributed by atoms with E-state index in [1.54, 1.807) is 6.92 Å². The highest BCUT2D eigenvalue weighted by Crippen LogP contribution is 2.32. The summed E-state index contributed by atoms with van der Waals surface area (Å²) in [6, 6.07) is 0.106. The maximum Gasteiger partial charge on any atom is 0.240 e. The summed E-state index contributed by atoms with van der Waals surface area (Å²) in [4.78, 5) is 28.0. The van der Waals surface area contributed by atoms with Gasteiger partial charge in [-0.25, -0.2) is 0 Å². The van der Waals surface area contributed by atoms with E-state index in [0.717, 1.165) is 32.1 Å². The van der Waals surface area contributed by atoms with Gasteiger partial charge in [0, 0.05) is 6.04 Å². The molecule has 3 atom stereocenters. The number of nitrogens with zero attached hydrogens (tertiary/aromatic N) is 2. The Labute approximate surface area is 103 Å². The van der Waals surface area contributed by atoms with Gasteiger partial charge in [-0.15, -0.1) is 0 Å². The maximum atomic E-state index is 12.5. The van der Waals surface area contributed by atoms with Crippen LogP contribution in [-0.2, 0) is 9.59 Å².